The van der Waals surface area contributed by atoms with Crippen LogP contribution in [0.2, 0.25) is 0 Å². The van der Waals surface area contributed by atoms with Crippen LogP contribution in [0.1, 0.15) is 51.9 Å². The molecular weight excluding hydrogens is 188 g/mol. The Balaban J connectivity index is 2.33. The topological polar surface area (TPSA) is 37.3 Å². The highest BCUT2D eigenvalue weighted by Gasteiger charge is 2.56. The van der Waals surface area contributed by atoms with Crippen LogP contribution in [-0.4, -0.2) is 11.1 Å². The van der Waals surface area contributed by atoms with E-state index in [1.807, 2.05) is 6.08 Å². The first-order chi connectivity index (χ1) is 7.16. The maximum atomic E-state index is 10.9. The molecule has 2 atom stereocenters. The molecule has 1 fully saturated rings. The largest absolute Gasteiger partial charge is 0.481 e. The number of carbonyl (C=O) groups is 1. The quantitative estimate of drug-likeness (QED) is 0.490. The third kappa shape index (κ3) is 3.08. The first-order valence-corrected chi connectivity index (χ1v) is 6.00. The van der Waals surface area contributed by atoms with Crippen LogP contribution in [0, 0.1) is 11.3 Å². The zero-order chi connectivity index (χ0) is 11.3. The second-order valence-corrected chi connectivity index (χ2v) is 4.76. The molecule has 0 aromatic rings. The second-order valence-electron chi connectivity index (χ2n) is 4.76. The summed E-state index contributed by atoms with van der Waals surface area (Å²) in [6, 6.07) is 0. The molecule has 86 valence electrons. The van der Waals surface area contributed by atoms with Gasteiger partial charge in [-0.15, -0.1) is 6.58 Å². The highest BCUT2D eigenvalue weighted by molar-refractivity contribution is 5.74. The molecule has 0 radical (unpaired) electrons. The Morgan fingerprint density at radius 2 is 2.27 bits per heavy atom. The van der Waals surface area contributed by atoms with Crippen molar-refractivity contribution in [3.63, 3.8) is 0 Å². The Morgan fingerprint density at radius 3 is 2.73 bits per heavy atom. The summed E-state index contributed by atoms with van der Waals surface area (Å²) in [7, 11) is 0. The molecular formula is C13H22O2. The molecule has 1 unspecified atom stereocenters. The molecule has 0 saturated heterocycles. The number of unbranched alkanes of at least 4 members (excludes halogenated alkanes) is 3. The Hall–Kier alpha value is -0.790. The fourth-order valence-electron chi connectivity index (χ4n) is 2.49. The van der Waals surface area contributed by atoms with E-state index in [0.29, 0.717) is 0 Å². The summed E-state index contributed by atoms with van der Waals surface area (Å²) >= 11 is 0. The summed E-state index contributed by atoms with van der Waals surface area (Å²) in [5.74, 6) is -0.718. The molecule has 0 amide bonds. The van der Waals surface area contributed by atoms with E-state index < -0.39 is 5.97 Å². The Kier molecular flexibility index (Phi) is 4.37. The van der Waals surface area contributed by atoms with E-state index in [1.165, 1.54) is 25.7 Å². The van der Waals surface area contributed by atoms with Gasteiger partial charge in [-0.2, -0.15) is 0 Å². The molecule has 0 spiro atoms. The molecule has 1 saturated carbocycles. The van der Waals surface area contributed by atoms with Gasteiger partial charge in [0.25, 0.3) is 0 Å². The molecule has 0 aliphatic heterocycles. The Bertz CT molecular complexity index is 235. The van der Waals surface area contributed by atoms with Crippen LogP contribution < -0.4 is 0 Å². The van der Waals surface area contributed by atoms with Crippen molar-refractivity contribution in [2.75, 3.05) is 0 Å². The van der Waals surface area contributed by atoms with Crippen molar-refractivity contribution >= 4 is 5.97 Å². The van der Waals surface area contributed by atoms with E-state index >= 15 is 0 Å². The van der Waals surface area contributed by atoms with Gasteiger partial charge in [-0.05, 0) is 24.7 Å². The first kappa shape index (κ1) is 12.3. The van der Waals surface area contributed by atoms with Crippen LogP contribution in [0.5, 0.6) is 0 Å². The number of carboxylic acid groups (broad SMARTS) is 1. The molecule has 0 heterocycles. The van der Waals surface area contributed by atoms with Gasteiger partial charge in [0.15, 0.2) is 0 Å². The van der Waals surface area contributed by atoms with E-state index in [1.54, 1.807) is 0 Å². The number of hydrogen-bond acceptors (Lipinski definition) is 1. The van der Waals surface area contributed by atoms with Gasteiger partial charge in [0, 0.05) is 0 Å². The zero-order valence-corrected chi connectivity index (χ0v) is 9.67. The smallest absolute Gasteiger partial charge is 0.307 e. The SMILES string of the molecule is C=CC[C@@]1(CCCCCC)CC1C(=O)O. The van der Waals surface area contributed by atoms with Crippen LogP contribution in [0.4, 0.5) is 0 Å². The molecule has 0 aromatic carbocycles. The van der Waals surface area contributed by atoms with E-state index in [0.717, 1.165) is 19.3 Å². The summed E-state index contributed by atoms with van der Waals surface area (Å²) < 4.78 is 0. The summed E-state index contributed by atoms with van der Waals surface area (Å²) in [4.78, 5) is 10.9. The van der Waals surface area contributed by atoms with E-state index in [9.17, 15) is 4.79 Å². The molecule has 0 bridgehead atoms. The molecule has 2 heteroatoms. The lowest BCUT2D eigenvalue weighted by Crippen LogP contribution is -2.10. The van der Waals surface area contributed by atoms with Crippen molar-refractivity contribution in [3.05, 3.63) is 12.7 Å². The maximum absolute atomic E-state index is 10.9. The Labute approximate surface area is 92.4 Å². The van der Waals surface area contributed by atoms with Crippen LogP contribution in [0.25, 0.3) is 0 Å². The number of rotatable bonds is 8. The predicted octanol–water partition coefficient (Wildman–Crippen LogP) is 3.62. The predicted molar refractivity (Wildman–Crippen MR) is 61.7 cm³/mol. The van der Waals surface area contributed by atoms with Crippen LogP contribution in [0.15, 0.2) is 12.7 Å². The van der Waals surface area contributed by atoms with Gasteiger partial charge in [-0.25, -0.2) is 0 Å². The lowest BCUT2D eigenvalue weighted by molar-refractivity contribution is -0.139. The molecule has 1 aliphatic rings. The van der Waals surface area contributed by atoms with Gasteiger partial charge in [-0.3, -0.25) is 4.79 Å². The molecule has 15 heavy (non-hydrogen) atoms. The lowest BCUT2D eigenvalue weighted by Gasteiger charge is -2.13. The number of carboxylic acids is 1. The maximum Gasteiger partial charge on any atom is 0.307 e. The minimum Gasteiger partial charge on any atom is -0.481 e. The highest BCUT2D eigenvalue weighted by Crippen LogP contribution is 2.58. The van der Waals surface area contributed by atoms with E-state index in [-0.39, 0.29) is 11.3 Å². The van der Waals surface area contributed by atoms with Gasteiger partial charge in [0.2, 0.25) is 0 Å². The van der Waals surface area contributed by atoms with Crippen molar-refractivity contribution in [2.24, 2.45) is 11.3 Å². The summed E-state index contributed by atoms with van der Waals surface area (Å²) in [5, 5.41) is 8.98. The third-order valence-corrected chi connectivity index (χ3v) is 3.57. The van der Waals surface area contributed by atoms with Crippen molar-refractivity contribution in [1.29, 1.82) is 0 Å². The first-order valence-electron chi connectivity index (χ1n) is 6.00. The van der Waals surface area contributed by atoms with Gasteiger partial charge in [0.1, 0.15) is 0 Å². The molecule has 1 rings (SSSR count). The van der Waals surface area contributed by atoms with Crippen molar-refractivity contribution in [2.45, 2.75) is 51.9 Å². The number of allylic oxidation sites excluding steroid dienone is 1. The second kappa shape index (κ2) is 5.34. The third-order valence-electron chi connectivity index (χ3n) is 3.57. The minimum atomic E-state index is -0.618. The van der Waals surface area contributed by atoms with Gasteiger partial charge < -0.3 is 5.11 Å². The molecule has 1 N–H and O–H groups in total. The van der Waals surface area contributed by atoms with Crippen molar-refractivity contribution in [3.8, 4) is 0 Å². The normalized spacial score (nSPS) is 28.7. The zero-order valence-electron chi connectivity index (χ0n) is 9.67. The highest BCUT2D eigenvalue weighted by atomic mass is 16.4. The van der Waals surface area contributed by atoms with Gasteiger partial charge >= 0.3 is 5.97 Å². The lowest BCUT2D eigenvalue weighted by atomic mass is 9.92. The van der Waals surface area contributed by atoms with E-state index in [4.69, 9.17) is 5.11 Å². The molecule has 0 aromatic heterocycles. The monoisotopic (exact) mass is 210 g/mol. The van der Waals surface area contributed by atoms with Crippen molar-refractivity contribution in [1.82, 2.24) is 0 Å². The molecule has 1 aliphatic carbocycles. The van der Waals surface area contributed by atoms with E-state index in [2.05, 4.69) is 13.5 Å². The average Bonchev–Trinajstić information content (AvgIpc) is 2.89. The fourth-order valence-corrected chi connectivity index (χ4v) is 2.49. The van der Waals surface area contributed by atoms with Crippen LogP contribution in [0.3, 0.4) is 0 Å². The summed E-state index contributed by atoms with van der Waals surface area (Å²) in [5.41, 5.74) is 0.0708. The number of aliphatic carboxylic acids is 1. The standard InChI is InChI=1S/C13H22O2/c1-3-5-6-7-9-13(8-4-2)10-11(13)12(14)15/h4,11H,2-3,5-10H2,1H3,(H,14,15)/t11?,13-/m1/s1. The average molecular weight is 210 g/mol. The Morgan fingerprint density at radius 1 is 1.53 bits per heavy atom. The number of hydrogen-bond donors (Lipinski definition) is 1. The summed E-state index contributed by atoms with van der Waals surface area (Å²) in [6.07, 6.45) is 9.58. The fraction of sp³-hybridized carbons (Fsp3) is 0.769. The van der Waals surface area contributed by atoms with Crippen LogP contribution in [-0.2, 0) is 4.79 Å². The minimum absolute atomic E-state index is 0.0708. The van der Waals surface area contributed by atoms with Gasteiger partial charge in [-0.1, -0.05) is 38.7 Å². The summed E-state index contributed by atoms with van der Waals surface area (Å²) in [6.45, 7) is 5.92. The van der Waals surface area contributed by atoms with Crippen LogP contribution >= 0.6 is 0 Å². The van der Waals surface area contributed by atoms with Gasteiger partial charge in [0.05, 0.1) is 5.92 Å². The molecule has 2 nitrogen and oxygen atoms in total. The van der Waals surface area contributed by atoms with Crippen molar-refractivity contribution < 1.29 is 9.90 Å².